The topological polar surface area (TPSA) is 96.1 Å². The fourth-order valence-corrected chi connectivity index (χ4v) is 1.95. The molecular formula is C14H22ClN2O5-. The highest BCUT2D eigenvalue weighted by molar-refractivity contribution is 5.48. The molecular weight excluding hydrogens is 312 g/mol. The number of ether oxygens (including phenoxy) is 1. The van der Waals surface area contributed by atoms with Gasteiger partial charge in [-0.05, 0) is 18.1 Å². The smallest absolute Gasteiger partial charge is 0.311 e. The second-order valence-corrected chi connectivity index (χ2v) is 4.63. The summed E-state index contributed by atoms with van der Waals surface area (Å²) in [6, 6.07) is 4.84. The van der Waals surface area contributed by atoms with Gasteiger partial charge in [0.15, 0.2) is 5.75 Å². The van der Waals surface area contributed by atoms with Crippen molar-refractivity contribution < 1.29 is 32.3 Å². The van der Waals surface area contributed by atoms with E-state index in [9.17, 15) is 10.1 Å². The maximum absolute atomic E-state index is 11.1. The third kappa shape index (κ3) is 6.57. The highest BCUT2D eigenvalue weighted by Crippen LogP contribution is 2.28. The van der Waals surface area contributed by atoms with E-state index in [1.54, 1.807) is 12.1 Å². The van der Waals surface area contributed by atoms with Crippen molar-refractivity contribution >= 4 is 5.69 Å². The summed E-state index contributed by atoms with van der Waals surface area (Å²) < 4.78 is 5.37. The average molecular weight is 334 g/mol. The molecule has 0 aliphatic carbocycles. The molecule has 0 aliphatic heterocycles. The molecule has 0 aromatic heterocycles. The Morgan fingerprint density at radius 2 is 1.91 bits per heavy atom. The van der Waals surface area contributed by atoms with E-state index in [1.807, 2.05) is 11.8 Å². The fourth-order valence-electron chi connectivity index (χ4n) is 1.95. The van der Waals surface area contributed by atoms with Gasteiger partial charge >= 0.3 is 5.69 Å². The van der Waals surface area contributed by atoms with Crippen LogP contribution in [0, 0.1) is 10.1 Å². The lowest BCUT2D eigenvalue weighted by Gasteiger charge is -2.20. The largest absolute Gasteiger partial charge is 1.00 e. The molecule has 0 amide bonds. The molecule has 22 heavy (non-hydrogen) atoms. The summed E-state index contributed by atoms with van der Waals surface area (Å²) in [6.45, 7) is 3.55. The molecule has 8 heteroatoms. The molecule has 0 fully saturated rings. The van der Waals surface area contributed by atoms with Gasteiger partial charge in [0.1, 0.15) is 0 Å². The lowest BCUT2D eigenvalue weighted by Crippen LogP contribution is -3.00. The monoisotopic (exact) mass is 333 g/mol. The molecule has 0 atom stereocenters. The van der Waals surface area contributed by atoms with Crippen molar-refractivity contribution in [2.45, 2.75) is 19.9 Å². The zero-order chi connectivity index (χ0) is 15.7. The Balaban J connectivity index is 0.00000441. The van der Waals surface area contributed by atoms with Crippen LogP contribution in [0.3, 0.4) is 0 Å². The molecule has 1 rings (SSSR count). The number of nitro benzene ring substituents is 1. The van der Waals surface area contributed by atoms with Crippen molar-refractivity contribution in [3.05, 3.63) is 33.9 Å². The van der Waals surface area contributed by atoms with Crippen LogP contribution in [0.1, 0.15) is 18.9 Å². The second-order valence-electron chi connectivity index (χ2n) is 4.63. The van der Waals surface area contributed by atoms with Crippen LogP contribution in [0.25, 0.3) is 0 Å². The van der Waals surface area contributed by atoms with Gasteiger partial charge in [-0.2, -0.15) is 0 Å². The number of benzene rings is 1. The Morgan fingerprint density at radius 1 is 1.27 bits per heavy atom. The number of aliphatic hydroxyl groups is 2. The Labute approximate surface area is 136 Å². The highest BCUT2D eigenvalue weighted by atomic mass is 35.5. The van der Waals surface area contributed by atoms with Gasteiger partial charge in [0.2, 0.25) is 0 Å². The van der Waals surface area contributed by atoms with Gasteiger partial charge in [0.25, 0.3) is 0 Å². The molecule has 0 radical (unpaired) electrons. The molecule has 1 aromatic rings. The molecule has 7 nitrogen and oxygen atoms in total. The lowest BCUT2D eigenvalue weighted by molar-refractivity contribution is -0.385. The number of hydrogen-bond acceptors (Lipinski definition) is 6. The van der Waals surface area contributed by atoms with Gasteiger partial charge in [-0.25, -0.2) is 0 Å². The van der Waals surface area contributed by atoms with Gasteiger partial charge in [-0.1, -0.05) is 13.0 Å². The van der Waals surface area contributed by atoms with Crippen molar-refractivity contribution in [2.75, 3.05) is 32.9 Å². The molecule has 0 aliphatic rings. The highest BCUT2D eigenvalue weighted by Gasteiger charge is 2.17. The Morgan fingerprint density at radius 3 is 2.41 bits per heavy atom. The van der Waals surface area contributed by atoms with Gasteiger partial charge < -0.3 is 27.4 Å². The molecule has 0 saturated heterocycles. The summed E-state index contributed by atoms with van der Waals surface area (Å²) in [5.41, 5.74) is 0.682. The van der Waals surface area contributed by atoms with Crippen molar-refractivity contribution in [1.82, 2.24) is 4.90 Å². The lowest BCUT2D eigenvalue weighted by atomic mass is 10.1. The van der Waals surface area contributed by atoms with E-state index in [0.29, 0.717) is 26.2 Å². The van der Waals surface area contributed by atoms with Crippen LogP contribution < -0.4 is 17.1 Å². The SMILES string of the molecule is CCCOc1ccc(CN(CCO)CCO)cc1[N+](=O)[O-].[Cl-]. The third-order valence-corrected chi connectivity index (χ3v) is 2.92. The minimum absolute atomic E-state index is 0. The number of hydrogen-bond donors (Lipinski definition) is 2. The van der Waals surface area contributed by atoms with Crippen LogP contribution in [0.5, 0.6) is 5.75 Å². The van der Waals surface area contributed by atoms with Crippen LogP contribution in [-0.4, -0.2) is 52.9 Å². The van der Waals surface area contributed by atoms with Crippen LogP contribution in [-0.2, 0) is 6.54 Å². The number of rotatable bonds is 10. The van der Waals surface area contributed by atoms with Gasteiger partial charge in [-0.15, -0.1) is 0 Å². The van der Waals surface area contributed by atoms with E-state index in [-0.39, 0.29) is 37.1 Å². The first kappa shape index (κ1) is 20.6. The summed E-state index contributed by atoms with van der Waals surface area (Å²) >= 11 is 0. The minimum Gasteiger partial charge on any atom is -1.00 e. The van der Waals surface area contributed by atoms with E-state index in [1.165, 1.54) is 6.07 Å². The Hall–Kier alpha value is -1.41. The summed E-state index contributed by atoms with van der Waals surface area (Å²) in [5.74, 6) is 0.265. The predicted octanol–water partition coefficient (Wildman–Crippen LogP) is -1.83. The zero-order valence-corrected chi connectivity index (χ0v) is 13.3. The summed E-state index contributed by atoms with van der Waals surface area (Å²) in [4.78, 5) is 12.5. The molecule has 0 unspecified atom stereocenters. The van der Waals surface area contributed by atoms with Crippen molar-refractivity contribution in [1.29, 1.82) is 0 Å². The molecule has 0 bridgehead atoms. The quantitative estimate of drug-likeness (QED) is 0.386. The Kier molecular flexibility index (Phi) is 10.5. The van der Waals surface area contributed by atoms with Crippen molar-refractivity contribution in [3.8, 4) is 5.75 Å². The summed E-state index contributed by atoms with van der Waals surface area (Å²) in [6.07, 6.45) is 0.777. The molecule has 0 saturated carbocycles. The first-order chi connectivity index (χ1) is 10.1. The van der Waals surface area contributed by atoms with Crippen LogP contribution in [0.15, 0.2) is 18.2 Å². The standard InChI is InChI=1S/C14H22N2O5.ClH/c1-2-9-21-14-4-3-12(10-13(14)16(19)20)11-15(5-7-17)6-8-18;/h3-4,10,17-18H,2,5-9,11H2,1H3;1H/p-1. The van der Waals surface area contributed by atoms with Crippen LogP contribution in [0.2, 0.25) is 0 Å². The van der Waals surface area contributed by atoms with Gasteiger partial charge in [0.05, 0.1) is 24.7 Å². The summed E-state index contributed by atoms with van der Waals surface area (Å²) in [7, 11) is 0. The third-order valence-electron chi connectivity index (χ3n) is 2.92. The van der Waals surface area contributed by atoms with E-state index in [0.717, 1.165) is 12.0 Å². The van der Waals surface area contributed by atoms with Crippen molar-refractivity contribution in [3.63, 3.8) is 0 Å². The Bertz CT molecular complexity index is 453. The second kappa shape index (κ2) is 11.2. The fraction of sp³-hybridized carbons (Fsp3) is 0.571. The van der Waals surface area contributed by atoms with Crippen molar-refractivity contribution in [2.24, 2.45) is 0 Å². The molecule has 126 valence electrons. The number of nitro groups is 1. The minimum atomic E-state index is -0.461. The first-order valence-corrected chi connectivity index (χ1v) is 6.96. The van der Waals surface area contributed by atoms with Gasteiger partial charge in [0, 0.05) is 25.7 Å². The first-order valence-electron chi connectivity index (χ1n) is 6.96. The molecule has 1 aromatic carbocycles. The number of nitrogens with zero attached hydrogens (tertiary/aromatic N) is 2. The van der Waals surface area contributed by atoms with E-state index < -0.39 is 4.92 Å². The van der Waals surface area contributed by atoms with Crippen LogP contribution in [0.4, 0.5) is 5.69 Å². The number of aliphatic hydroxyl groups excluding tert-OH is 2. The number of halogens is 1. The normalized spacial score (nSPS) is 10.4. The average Bonchev–Trinajstić information content (AvgIpc) is 2.46. The molecule has 0 heterocycles. The van der Waals surface area contributed by atoms with Gasteiger partial charge in [-0.3, -0.25) is 15.0 Å². The van der Waals surface area contributed by atoms with E-state index >= 15 is 0 Å². The predicted molar refractivity (Wildman–Crippen MR) is 78.3 cm³/mol. The summed E-state index contributed by atoms with van der Waals surface area (Å²) in [5, 5.41) is 29.1. The maximum Gasteiger partial charge on any atom is 0.311 e. The van der Waals surface area contributed by atoms with E-state index in [2.05, 4.69) is 0 Å². The molecule has 0 spiro atoms. The maximum atomic E-state index is 11.1. The van der Waals surface area contributed by atoms with Crippen LogP contribution >= 0.6 is 0 Å². The molecule has 2 N–H and O–H groups in total. The zero-order valence-electron chi connectivity index (χ0n) is 12.6. The van der Waals surface area contributed by atoms with E-state index in [4.69, 9.17) is 14.9 Å².